The van der Waals surface area contributed by atoms with Crippen LogP contribution in [0.15, 0.2) is 66.9 Å². The van der Waals surface area contributed by atoms with Crippen LogP contribution in [-0.2, 0) is 6.42 Å². The largest absolute Gasteiger partial charge is 0.256 e. The quantitative estimate of drug-likeness (QED) is 0.291. The first-order valence-corrected chi connectivity index (χ1v) is 9.20. The third-order valence-electron chi connectivity index (χ3n) is 4.74. The lowest BCUT2D eigenvalue weighted by atomic mass is 10.0. The number of aromatic nitrogens is 1. The summed E-state index contributed by atoms with van der Waals surface area (Å²) in [6.45, 7) is 2.09. The van der Waals surface area contributed by atoms with Gasteiger partial charge in [-0.05, 0) is 53.8 Å². The summed E-state index contributed by atoms with van der Waals surface area (Å²) >= 11 is 0. The van der Waals surface area contributed by atoms with E-state index in [2.05, 4.69) is 29.8 Å². The number of rotatable bonds is 2. The molecule has 0 saturated carbocycles. The molecule has 1 aromatic heterocycles. The fourth-order valence-electron chi connectivity index (χ4n) is 3.06. The molecule has 4 rings (SSSR count). The van der Waals surface area contributed by atoms with Gasteiger partial charge in [0.05, 0.1) is 5.69 Å². The SMILES string of the molecule is CCc1ccc(-c2ccc(C#Cc3ccc4c(F)c(F)c(F)cc4c3)cc2)nc1. The van der Waals surface area contributed by atoms with Crippen LogP contribution in [0.25, 0.3) is 22.0 Å². The van der Waals surface area contributed by atoms with Crippen molar-refractivity contribution in [3.63, 3.8) is 0 Å². The normalized spacial score (nSPS) is 10.6. The molecule has 0 bridgehead atoms. The van der Waals surface area contributed by atoms with Gasteiger partial charge in [-0.2, -0.15) is 0 Å². The van der Waals surface area contributed by atoms with Crippen LogP contribution in [0.4, 0.5) is 13.2 Å². The third-order valence-corrected chi connectivity index (χ3v) is 4.74. The maximum atomic E-state index is 13.8. The van der Waals surface area contributed by atoms with Gasteiger partial charge in [-0.1, -0.05) is 43.0 Å². The summed E-state index contributed by atoms with van der Waals surface area (Å²) in [6.07, 6.45) is 2.82. The van der Waals surface area contributed by atoms with Crippen molar-refractivity contribution in [2.45, 2.75) is 13.3 Å². The van der Waals surface area contributed by atoms with Gasteiger partial charge in [0.15, 0.2) is 17.5 Å². The molecule has 29 heavy (non-hydrogen) atoms. The zero-order valence-electron chi connectivity index (χ0n) is 15.6. The van der Waals surface area contributed by atoms with Crippen molar-refractivity contribution in [2.24, 2.45) is 0 Å². The Morgan fingerprint density at radius 1 is 0.793 bits per heavy atom. The monoisotopic (exact) mass is 387 g/mol. The number of halogens is 3. The molecule has 0 atom stereocenters. The molecule has 0 aliphatic carbocycles. The van der Waals surface area contributed by atoms with Gasteiger partial charge in [0.2, 0.25) is 0 Å². The van der Waals surface area contributed by atoms with Crippen molar-refractivity contribution in [1.29, 1.82) is 0 Å². The molecule has 4 aromatic rings. The van der Waals surface area contributed by atoms with Crippen molar-refractivity contribution in [3.05, 3.63) is 101 Å². The van der Waals surface area contributed by atoms with Gasteiger partial charge in [0.1, 0.15) is 0 Å². The van der Waals surface area contributed by atoms with Crippen molar-refractivity contribution in [3.8, 4) is 23.1 Å². The number of hydrogen-bond donors (Lipinski definition) is 0. The summed E-state index contributed by atoms with van der Waals surface area (Å²) in [5.41, 5.74) is 4.47. The van der Waals surface area contributed by atoms with Crippen LogP contribution < -0.4 is 0 Å². The lowest BCUT2D eigenvalue weighted by Gasteiger charge is -2.03. The predicted octanol–water partition coefficient (Wildman–Crippen LogP) is 6.28. The number of benzene rings is 3. The average Bonchev–Trinajstić information content (AvgIpc) is 2.76. The number of hydrogen-bond acceptors (Lipinski definition) is 1. The van der Waals surface area contributed by atoms with Gasteiger partial charge < -0.3 is 0 Å². The Bertz CT molecular complexity index is 1250. The topological polar surface area (TPSA) is 12.9 Å². The van der Waals surface area contributed by atoms with Crippen LogP contribution in [-0.4, -0.2) is 4.98 Å². The Morgan fingerprint density at radius 2 is 1.52 bits per heavy atom. The van der Waals surface area contributed by atoms with E-state index in [-0.39, 0.29) is 10.8 Å². The standard InChI is InChI=1S/C25H16F3N/c1-2-16-8-12-23(29-15-16)19-9-5-17(6-10-19)3-4-18-7-11-21-20(13-18)14-22(26)25(28)24(21)27/h5-15H,2H2,1H3. The Labute approximate surface area is 166 Å². The fourth-order valence-corrected chi connectivity index (χ4v) is 3.06. The van der Waals surface area contributed by atoms with Crippen LogP contribution in [0.2, 0.25) is 0 Å². The maximum Gasteiger partial charge on any atom is 0.195 e. The van der Waals surface area contributed by atoms with E-state index in [4.69, 9.17) is 0 Å². The smallest absolute Gasteiger partial charge is 0.195 e. The van der Waals surface area contributed by atoms with E-state index in [0.29, 0.717) is 5.56 Å². The summed E-state index contributed by atoms with van der Waals surface area (Å²) in [5, 5.41) is 0.297. The second-order valence-corrected chi connectivity index (χ2v) is 6.65. The zero-order chi connectivity index (χ0) is 20.4. The molecule has 0 amide bonds. The fraction of sp³-hybridized carbons (Fsp3) is 0.0800. The molecule has 1 nitrogen and oxygen atoms in total. The lowest BCUT2D eigenvalue weighted by molar-refractivity contribution is 0.453. The summed E-state index contributed by atoms with van der Waals surface area (Å²) in [5.74, 6) is 2.15. The average molecular weight is 387 g/mol. The van der Waals surface area contributed by atoms with Crippen molar-refractivity contribution >= 4 is 10.8 Å². The van der Waals surface area contributed by atoms with Crippen LogP contribution in [0.5, 0.6) is 0 Å². The summed E-state index contributed by atoms with van der Waals surface area (Å²) in [6, 6.07) is 17.3. The zero-order valence-corrected chi connectivity index (χ0v) is 15.6. The highest BCUT2D eigenvalue weighted by atomic mass is 19.2. The second-order valence-electron chi connectivity index (χ2n) is 6.65. The molecule has 4 heteroatoms. The van der Waals surface area contributed by atoms with E-state index < -0.39 is 17.5 Å². The van der Waals surface area contributed by atoms with E-state index in [1.165, 1.54) is 11.6 Å². The number of aryl methyl sites for hydroxylation is 1. The van der Waals surface area contributed by atoms with Gasteiger partial charge >= 0.3 is 0 Å². The van der Waals surface area contributed by atoms with Crippen molar-refractivity contribution < 1.29 is 13.2 Å². The minimum atomic E-state index is -1.46. The molecule has 0 aliphatic rings. The molecule has 1 heterocycles. The Morgan fingerprint density at radius 3 is 2.21 bits per heavy atom. The minimum absolute atomic E-state index is 0.0281. The molecule has 0 fully saturated rings. The molecule has 142 valence electrons. The molecular formula is C25H16F3N. The first-order valence-electron chi connectivity index (χ1n) is 9.20. The number of fused-ring (bicyclic) bond motifs is 1. The van der Waals surface area contributed by atoms with Gasteiger partial charge in [0.25, 0.3) is 0 Å². The van der Waals surface area contributed by atoms with Crippen LogP contribution in [0.3, 0.4) is 0 Å². The highest BCUT2D eigenvalue weighted by Crippen LogP contribution is 2.24. The van der Waals surface area contributed by atoms with Crippen LogP contribution in [0.1, 0.15) is 23.6 Å². The highest BCUT2D eigenvalue weighted by molar-refractivity contribution is 5.84. The van der Waals surface area contributed by atoms with E-state index >= 15 is 0 Å². The molecular weight excluding hydrogens is 371 g/mol. The van der Waals surface area contributed by atoms with Crippen molar-refractivity contribution in [2.75, 3.05) is 0 Å². The Kier molecular flexibility index (Phi) is 5.05. The van der Waals surface area contributed by atoms with E-state index in [9.17, 15) is 13.2 Å². The number of nitrogens with zero attached hydrogens (tertiary/aromatic N) is 1. The van der Waals surface area contributed by atoms with Crippen LogP contribution >= 0.6 is 0 Å². The molecule has 0 spiro atoms. The van der Waals surface area contributed by atoms with E-state index in [1.807, 2.05) is 36.5 Å². The molecule has 3 aromatic carbocycles. The molecule has 0 saturated heterocycles. The van der Waals surface area contributed by atoms with E-state index in [0.717, 1.165) is 29.3 Å². The predicted molar refractivity (Wildman–Crippen MR) is 109 cm³/mol. The molecule has 0 aliphatic heterocycles. The van der Waals surface area contributed by atoms with E-state index in [1.54, 1.807) is 12.1 Å². The van der Waals surface area contributed by atoms with Gasteiger partial charge in [-0.15, -0.1) is 0 Å². The number of pyridine rings is 1. The Balaban J connectivity index is 1.59. The summed E-state index contributed by atoms with van der Waals surface area (Å²) in [4.78, 5) is 4.47. The first-order chi connectivity index (χ1) is 14.0. The van der Waals surface area contributed by atoms with Crippen molar-refractivity contribution in [1.82, 2.24) is 4.98 Å². The highest BCUT2D eigenvalue weighted by Gasteiger charge is 2.13. The van der Waals surface area contributed by atoms with Gasteiger partial charge in [-0.25, -0.2) is 13.2 Å². The third kappa shape index (κ3) is 3.86. The molecule has 0 radical (unpaired) electrons. The maximum absolute atomic E-state index is 13.8. The van der Waals surface area contributed by atoms with Crippen LogP contribution in [0, 0.1) is 29.3 Å². The minimum Gasteiger partial charge on any atom is -0.256 e. The second kappa shape index (κ2) is 7.81. The lowest BCUT2D eigenvalue weighted by Crippen LogP contribution is -1.92. The molecule has 0 unspecified atom stereocenters. The van der Waals surface area contributed by atoms with Gasteiger partial charge in [0, 0.05) is 28.3 Å². The summed E-state index contributed by atoms with van der Waals surface area (Å²) < 4.78 is 40.6. The Hall–Kier alpha value is -3.58. The molecule has 0 N–H and O–H groups in total. The first kappa shape index (κ1) is 18.8. The summed E-state index contributed by atoms with van der Waals surface area (Å²) in [7, 11) is 0. The van der Waals surface area contributed by atoms with Gasteiger partial charge in [-0.3, -0.25) is 4.98 Å².